The molecule has 0 saturated heterocycles. The van der Waals surface area contributed by atoms with Gasteiger partial charge in [0.25, 0.3) is 0 Å². The monoisotopic (exact) mass is 428 g/mol. The van der Waals surface area contributed by atoms with Crippen LogP contribution in [0.5, 0.6) is 0 Å². The smallest absolute Gasteiger partial charge is 0.249 e. The van der Waals surface area contributed by atoms with Gasteiger partial charge in [-0.15, -0.1) is 0 Å². The van der Waals surface area contributed by atoms with Crippen molar-refractivity contribution in [3.05, 3.63) is 65.1 Å². The quantitative estimate of drug-likeness (QED) is 0.643. The van der Waals surface area contributed by atoms with E-state index in [0.29, 0.717) is 22.8 Å². The van der Waals surface area contributed by atoms with Crippen molar-refractivity contribution in [2.24, 2.45) is 0 Å². The normalized spacial score (nSPS) is 15.4. The van der Waals surface area contributed by atoms with Gasteiger partial charge in [0, 0.05) is 18.4 Å². The van der Waals surface area contributed by atoms with Crippen LogP contribution in [0.2, 0.25) is 5.02 Å². The fourth-order valence-electron chi connectivity index (χ4n) is 3.42. The van der Waals surface area contributed by atoms with Crippen molar-refractivity contribution in [1.29, 1.82) is 0 Å². The summed E-state index contributed by atoms with van der Waals surface area (Å²) in [4.78, 5) is 25.4. The number of halogens is 2. The first-order valence-electron chi connectivity index (χ1n) is 9.19. The second-order valence-corrected chi connectivity index (χ2v) is 7.21. The lowest BCUT2D eigenvalue weighted by Crippen LogP contribution is -2.35. The molecule has 1 aromatic heterocycles. The maximum atomic E-state index is 13.4. The molecule has 4 rings (SSSR count). The second-order valence-electron chi connectivity index (χ2n) is 6.80. The summed E-state index contributed by atoms with van der Waals surface area (Å²) in [5.41, 5.74) is 2.47. The summed E-state index contributed by atoms with van der Waals surface area (Å²) in [6.45, 7) is 0.210. The van der Waals surface area contributed by atoms with Gasteiger partial charge < -0.3 is 15.4 Å². The summed E-state index contributed by atoms with van der Waals surface area (Å²) in [6.07, 6.45) is -0.0872. The molecule has 3 aromatic rings. The van der Waals surface area contributed by atoms with Gasteiger partial charge in [-0.2, -0.15) is 5.10 Å². The molecule has 0 spiro atoms. The highest BCUT2D eigenvalue weighted by atomic mass is 35.5. The van der Waals surface area contributed by atoms with Crippen molar-refractivity contribution in [3.63, 3.8) is 0 Å². The number of ether oxygens (including phenoxy) is 1. The number of anilines is 2. The fraction of sp³-hybridized carbons (Fsp3) is 0.190. The molecule has 1 aliphatic rings. The lowest BCUT2D eigenvalue weighted by molar-refractivity contribution is -0.125. The molecule has 1 aliphatic heterocycles. The third-order valence-electron chi connectivity index (χ3n) is 4.75. The van der Waals surface area contributed by atoms with E-state index in [1.807, 2.05) is 30.3 Å². The molecule has 2 aromatic carbocycles. The van der Waals surface area contributed by atoms with E-state index in [2.05, 4.69) is 15.7 Å². The molecule has 9 heteroatoms. The van der Waals surface area contributed by atoms with Gasteiger partial charge in [-0.05, 0) is 23.8 Å². The first-order valence-corrected chi connectivity index (χ1v) is 9.57. The standard InChI is InChI=1S/C21H18ClFN4O3/c1-30-11-16-19(12-5-3-2-4-6-12)20-25-18(28)10-17(27(20)26-16)21(29)24-13-7-8-15(23)14(22)9-13/h2-9,17H,10-11H2,1H3,(H,24,29)(H,25,28)/t17-/m1/s1. The van der Waals surface area contributed by atoms with Gasteiger partial charge in [0.1, 0.15) is 17.7 Å². The Morgan fingerprint density at radius 2 is 2.10 bits per heavy atom. The molecule has 0 saturated carbocycles. The minimum atomic E-state index is -0.884. The summed E-state index contributed by atoms with van der Waals surface area (Å²) in [7, 11) is 1.55. The number of hydrogen-bond acceptors (Lipinski definition) is 4. The van der Waals surface area contributed by atoms with Crippen LogP contribution >= 0.6 is 11.6 Å². The molecule has 0 fully saturated rings. The Morgan fingerprint density at radius 1 is 1.33 bits per heavy atom. The molecule has 2 N–H and O–H groups in total. The summed E-state index contributed by atoms with van der Waals surface area (Å²) < 4.78 is 20.2. The Bertz CT molecular complexity index is 1120. The number of fused-ring (bicyclic) bond motifs is 1. The van der Waals surface area contributed by atoms with Gasteiger partial charge in [0.2, 0.25) is 11.8 Å². The SMILES string of the molecule is COCc1nn2c(c1-c1ccccc1)NC(=O)C[C@@H]2C(=O)Nc1ccc(F)c(Cl)c1. The zero-order valence-electron chi connectivity index (χ0n) is 16.0. The number of hydrogen-bond donors (Lipinski definition) is 2. The molecule has 154 valence electrons. The van der Waals surface area contributed by atoms with Gasteiger partial charge in [-0.25, -0.2) is 9.07 Å². The summed E-state index contributed by atoms with van der Waals surface area (Å²) in [6, 6.07) is 12.4. The van der Waals surface area contributed by atoms with E-state index >= 15 is 0 Å². The summed E-state index contributed by atoms with van der Waals surface area (Å²) in [5, 5.41) is 9.95. The molecule has 2 amide bonds. The minimum absolute atomic E-state index is 0.0872. The molecular formula is C21H18ClFN4O3. The minimum Gasteiger partial charge on any atom is -0.378 e. The van der Waals surface area contributed by atoms with Crippen molar-refractivity contribution in [3.8, 4) is 11.1 Å². The molecule has 0 bridgehead atoms. The molecular weight excluding hydrogens is 411 g/mol. The van der Waals surface area contributed by atoms with Gasteiger partial charge in [0.05, 0.1) is 23.7 Å². The van der Waals surface area contributed by atoms with Crippen LogP contribution in [0.15, 0.2) is 48.5 Å². The predicted molar refractivity (Wildman–Crippen MR) is 111 cm³/mol. The fourth-order valence-corrected chi connectivity index (χ4v) is 3.60. The van der Waals surface area contributed by atoms with Crippen LogP contribution in [0.1, 0.15) is 18.2 Å². The Labute approximate surface area is 176 Å². The number of carbonyl (C=O) groups is 2. The maximum Gasteiger partial charge on any atom is 0.249 e. The lowest BCUT2D eigenvalue weighted by atomic mass is 10.0. The third-order valence-corrected chi connectivity index (χ3v) is 5.04. The van der Waals surface area contributed by atoms with Gasteiger partial charge in [-0.3, -0.25) is 9.59 Å². The van der Waals surface area contributed by atoms with E-state index in [4.69, 9.17) is 16.3 Å². The van der Waals surface area contributed by atoms with Crippen LogP contribution in [-0.4, -0.2) is 28.7 Å². The second kappa shape index (κ2) is 8.25. The van der Waals surface area contributed by atoms with E-state index < -0.39 is 17.8 Å². The zero-order chi connectivity index (χ0) is 21.3. The largest absolute Gasteiger partial charge is 0.378 e. The van der Waals surface area contributed by atoms with E-state index in [9.17, 15) is 14.0 Å². The molecule has 1 atom stereocenters. The van der Waals surface area contributed by atoms with Crippen molar-refractivity contribution < 1.29 is 18.7 Å². The molecule has 7 nitrogen and oxygen atoms in total. The third kappa shape index (κ3) is 3.79. The maximum absolute atomic E-state index is 13.4. The Morgan fingerprint density at radius 3 is 2.80 bits per heavy atom. The van der Waals surface area contributed by atoms with Crippen molar-refractivity contribution in [2.75, 3.05) is 17.7 Å². The van der Waals surface area contributed by atoms with Gasteiger partial charge in [-0.1, -0.05) is 41.9 Å². The summed E-state index contributed by atoms with van der Waals surface area (Å²) >= 11 is 5.79. The molecule has 30 heavy (non-hydrogen) atoms. The summed E-state index contributed by atoms with van der Waals surface area (Å²) in [5.74, 6) is -0.916. The molecule has 2 heterocycles. The highest BCUT2D eigenvalue weighted by Gasteiger charge is 2.35. The number of nitrogens with one attached hydrogen (secondary N) is 2. The highest BCUT2D eigenvalue weighted by Crippen LogP contribution is 2.37. The number of carbonyl (C=O) groups excluding carboxylic acids is 2. The van der Waals surface area contributed by atoms with E-state index in [1.165, 1.54) is 16.8 Å². The molecule has 0 aliphatic carbocycles. The van der Waals surface area contributed by atoms with Crippen molar-refractivity contribution >= 4 is 34.9 Å². The van der Waals surface area contributed by atoms with Crippen LogP contribution in [0.4, 0.5) is 15.9 Å². The number of benzene rings is 2. The topological polar surface area (TPSA) is 85.2 Å². The number of rotatable bonds is 5. The average molecular weight is 429 g/mol. The van der Waals surface area contributed by atoms with E-state index in [0.717, 1.165) is 11.6 Å². The number of amides is 2. The van der Waals surface area contributed by atoms with Crippen LogP contribution in [0.3, 0.4) is 0 Å². The van der Waals surface area contributed by atoms with Crippen LogP contribution < -0.4 is 10.6 Å². The van der Waals surface area contributed by atoms with E-state index in [1.54, 1.807) is 7.11 Å². The number of aromatic nitrogens is 2. The average Bonchev–Trinajstić information content (AvgIpc) is 3.08. The van der Waals surface area contributed by atoms with Crippen LogP contribution in [-0.2, 0) is 20.9 Å². The van der Waals surface area contributed by atoms with E-state index in [-0.39, 0.29) is 24.0 Å². The first kappa shape index (κ1) is 20.1. The number of nitrogens with zero attached hydrogens (tertiary/aromatic N) is 2. The van der Waals surface area contributed by atoms with Crippen LogP contribution in [0.25, 0.3) is 11.1 Å². The zero-order valence-corrected chi connectivity index (χ0v) is 16.7. The predicted octanol–water partition coefficient (Wildman–Crippen LogP) is 4.01. The van der Waals surface area contributed by atoms with Gasteiger partial charge >= 0.3 is 0 Å². The lowest BCUT2D eigenvalue weighted by Gasteiger charge is -2.24. The Kier molecular flexibility index (Phi) is 5.52. The van der Waals surface area contributed by atoms with Crippen LogP contribution in [0, 0.1) is 5.82 Å². The van der Waals surface area contributed by atoms with Crippen molar-refractivity contribution in [1.82, 2.24) is 9.78 Å². The van der Waals surface area contributed by atoms with Gasteiger partial charge in [0.15, 0.2) is 0 Å². The highest BCUT2D eigenvalue weighted by molar-refractivity contribution is 6.31. The molecule has 0 radical (unpaired) electrons. The first-order chi connectivity index (χ1) is 14.5. The number of methoxy groups -OCH3 is 1. The van der Waals surface area contributed by atoms with Crippen molar-refractivity contribution in [2.45, 2.75) is 19.1 Å². The molecule has 0 unspecified atom stereocenters. The Balaban J connectivity index is 1.73. The Hall–Kier alpha value is -3.23.